The summed E-state index contributed by atoms with van der Waals surface area (Å²) in [4.78, 5) is 11.3. The molecule has 4 atom stereocenters. The SMILES string of the molecule is CC(O)C(C)OC1(C(=O)O)CCCC(C(F)(F)F)C1. The van der Waals surface area contributed by atoms with Gasteiger partial charge in [0.2, 0.25) is 0 Å². The van der Waals surface area contributed by atoms with Crippen LogP contribution in [0.3, 0.4) is 0 Å². The number of ether oxygens (including phenoxy) is 1. The van der Waals surface area contributed by atoms with Gasteiger partial charge in [-0.1, -0.05) is 0 Å². The van der Waals surface area contributed by atoms with E-state index in [9.17, 15) is 28.2 Å². The molecule has 1 rings (SSSR count). The molecule has 0 heterocycles. The van der Waals surface area contributed by atoms with Crippen LogP contribution in [0.2, 0.25) is 0 Å². The molecule has 0 aromatic rings. The Kier molecular flexibility index (Phi) is 4.84. The zero-order valence-electron chi connectivity index (χ0n) is 10.9. The van der Waals surface area contributed by atoms with Gasteiger partial charge in [-0.2, -0.15) is 13.2 Å². The Balaban J connectivity index is 2.90. The lowest BCUT2D eigenvalue weighted by molar-refractivity contribution is -0.224. The third-order valence-electron chi connectivity index (χ3n) is 3.65. The Labute approximate surface area is 109 Å². The summed E-state index contributed by atoms with van der Waals surface area (Å²) in [6.07, 6.45) is -6.69. The monoisotopic (exact) mass is 284 g/mol. The summed E-state index contributed by atoms with van der Waals surface area (Å²) in [5, 5.41) is 18.6. The summed E-state index contributed by atoms with van der Waals surface area (Å²) in [7, 11) is 0. The maximum absolute atomic E-state index is 12.7. The van der Waals surface area contributed by atoms with Crippen molar-refractivity contribution in [3.8, 4) is 0 Å². The summed E-state index contributed by atoms with van der Waals surface area (Å²) in [5.74, 6) is -3.06. The minimum atomic E-state index is -4.42. The molecule has 0 aromatic heterocycles. The van der Waals surface area contributed by atoms with E-state index in [0.717, 1.165) is 0 Å². The van der Waals surface area contributed by atoms with Crippen molar-refractivity contribution in [3.05, 3.63) is 0 Å². The molecule has 0 spiro atoms. The van der Waals surface area contributed by atoms with Crippen LogP contribution >= 0.6 is 0 Å². The number of aliphatic hydroxyl groups is 1. The van der Waals surface area contributed by atoms with Gasteiger partial charge >= 0.3 is 12.1 Å². The molecule has 1 aliphatic carbocycles. The highest BCUT2D eigenvalue weighted by Gasteiger charge is 2.52. The third kappa shape index (κ3) is 3.82. The van der Waals surface area contributed by atoms with Gasteiger partial charge < -0.3 is 14.9 Å². The van der Waals surface area contributed by atoms with E-state index in [-0.39, 0.29) is 19.3 Å². The van der Waals surface area contributed by atoms with Crippen LogP contribution in [-0.2, 0) is 9.53 Å². The fourth-order valence-corrected chi connectivity index (χ4v) is 2.32. The number of alkyl halides is 3. The zero-order valence-corrected chi connectivity index (χ0v) is 10.9. The van der Waals surface area contributed by atoms with Gasteiger partial charge in [0, 0.05) is 0 Å². The van der Waals surface area contributed by atoms with E-state index in [4.69, 9.17) is 4.74 Å². The normalized spacial score (nSPS) is 31.8. The number of aliphatic hydroxyl groups excluding tert-OH is 1. The average molecular weight is 284 g/mol. The predicted molar refractivity (Wildman–Crippen MR) is 60.6 cm³/mol. The Morgan fingerprint density at radius 3 is 2.42 bits per heavy atom. The first kappa shape index (κ1) is 16.2. The van der Waals surface area contributed by atoms with Crippen LogP contribution < -0.4 is 0 Å². The molecule has 0 amide bonds. The second-order valence-electron chi connectivity index (χ2n) is 5.20. The number of carboxylic acid groups (broad SMARTS) is 1. The number of halogens is 3. The van der Waals surface area contributed by atoms with Gasteiger partial charge in [-0.15, -0.1) is 0 Å². The van der Waals surface area contributed by atoms with Gasteiger partial charge in [-0.3, -0.25) is 0 Å². The maximum Gasteiger partial charge on any atom is 0.391 e. The van der Waals surface area contributed by atoms with Crippen molar-refractivity contribution >= 4 is 5.97 Å². The molecule has 1 fully saturated rings. The van der Waals surface area contributed by atoms with Crippen LogP contribution in [0, 0.1) is 5.92 Å². The van der Waals surface area contributed by atoms with E-state index in [1.165, 1.54) is 13.8 Å². The average Bonchev–Trinajstić information content (AvgIpc) is 2.27. The predicted octanol–water partition coefficient (Wildman–Crippen LogP) is 2.35. The molecule has 19 heavy (non-hydrogen) atoms. The van der Waals surface area contributed by atoms with Crippen molar-refractivity contribution in [2.75, 3.05) is 0 Å². The first-order valence-corrected chi connectivity index (χ1v) is 6.24. The van der Waals surface area contributed by atoms with Gasteiger partial charge in [0.25, 0.3) is 0 Å². The summed E-state index contributed by atoms with van der Waals surface area (Å²) >= 11 is 0. The molecular weight excluding hydrogens is 265 g/mol. The van der Waals surface area contributed by atoms with Crippen LogP contribution in [0.25, 0.3) is 0 Å². The van der Waals surface area contributed by atoms with Gasteiger partial charge in [0.15, 0.2) is 5.60 Å². The van der Waals surface area contributed by atoms with Crippen LogP contribution in [0.15, 0.2) is 0 Å². The lowest BCUT2D eigenvalue weighted by Gasteiger charge is -2.40. The van der Waals surface area contributed by atoms with E-state index >= 15 is 0 Å². The largest absolute Gasteiger partial charge is 0.479 e. The van der Waals surface area contributed by atoms with Gasteiger partial charge in [0.1, 0.15) is 0 Å². The third-order valence-corrected chi connectivity index (χ3v) is 3.65. The lowest BCUT2D eigenvalue weighted by Crippen LogP contribution is -2.51. The molecule has 0 bridgehead atoms. The Morgan fingerprint density at radius 2 is 2.00 bits per heavy atom. The van der Waals surface area contributed by atoms with Gasteiger partial charge in [-0.05, 0) is 39.5 Å². The second kappa shape index (κ2) is 5.66. The Morgan fingerprint density at radius 1 is 1.42 bits per heavy atom. The van der Waals surface area contributed by atoms with E-state index in [1.807, 2.05) is 0 Å². The quantitative estimate of drug-likeness (QED) is 0.831. The summed E-state index contributed by atoms with van der Waals surface area (Å²) in [6.45, 7) is 2.86. The van der Waals surface area contributed by atoms with Gasteiger partial charge in [0.05, 0.1) is 18.1 Å². The van der Waals surface area contributed by atoms with Crippen molar-refractivity contribution in [1.29, 1.82) is 0 Å². The van der Waals surface area contributed by atoms with Crippen molar-refractivity contribution in [2.24, 2.45) is 5.92 Å². The molecule has 4 nitrogen and oxygen atoms in total. The highest BCUT2D eigenvalue weighted by Crippen LogP contribution is 2.44. The molecule has 4 unspecified atom stereocenters. The first-order valence-electron chi connectivity index (χ1n) is 6.24. The Hall–Kier alpha value is -0.820. The van der Waals surface area contributed by atoms with Crippen LogP contribution in [0.4, 0.5) is 13.2 Å². The fraction of sp³-hybridized carbons (Fsp3) is 0.917. The van der Waals surface area contributed by atoms with E-state index in [0.29, 0.717) is 0 Å². The molecule has 112 valence electrons. The molecule has 1 aliphatic rings. The minimum Gasteiger partial charge on any atom is -0.479 e. The number of carboxylic acids is 1. The summed E-state index contributed by atoms with van der Waals surface area (Å²) in [5.41, 5.74) is -1.85. The molecule has 0 aromatic carbocycles. The van der Waals surface area contributed by atoms with Crippen molar-refractivity contribution in [2.45, 2.75) is 63.5 Å². The number of rotatable bonds is 4. The molecule has 7 heteroatoms. The lowest BCUT2D eigenvalue weighted by atomic mass is 9.77. The number of aliphatic carboxylic acids is 1. The van der Waals surface area contributed by atoms with E-state index < -0.39 is 42.3 Å². The molecule has 1 saturated carbocycles. The van der Waals surface area contributed by atoms with E-state index in [1.54, 1.807) is 0 Å². The van der Waals surface area contributed by atoms with Crippen LogP contribution in [0.5, 0.6) is 0 Å². The number of carbonyl (C=O) groups is 1. The van der Waals surface area contributed by atoms with Gasteiger partial charge in [-0.25, -0.2) is 4.79 Å². The Bertz CT molecular complexity index is 329. The van der Waals surface area contributed by atoms with Crippen LogP contribution in [0.1, 0.15) is 39.5 Å². The topological polar surface area (TPSA) is 66.8 Å². The molecular formula is C12H19F3O4. The molecule has 2 N–H and O–H groups in total. The highest BCUT2D eigenvalue weighted by molar-refractivity contribution is 5.77. The molecule has 0 saturated heterocycles. The summed E-state index contributed by atoms with van der Waals surface area (Å²) < 4.78 is 43.5. The first-order chi connectivity index (χ1) is 8.58. The van der Waals surface area contributed by atoms with Crippen molar-refractivity contribution in [1.82, 2.24) is 0 Å². The van der Waals surface area contributed by atoms with E-state index in [2.05, 4.69) is 0 Å². The number of hydrogen-bond donors (Lipinski definition) is 2. The molecule has 0 radical (unpaired) electrons. The minimum absolute atomic E-state index is 0.0337. The smallest absolute Gasteiger partial charge is 0.391 e. The highest BCUT2D eigenvalue weighted by atomic mass is 19.4. The fourth-order valence-electron chi connectivity index (χ4n) is 2.32. The maximum atomic E-state index is 12.7. The standard InChI is InChI=1S/C12H19F3O4/c1-7(16)8(2)19-11(10(17)18)5-3-4-9(6-11)12(13,14)15/h7-9,16H,3-6H2,1-2H3,(H,17,18). The second-order valence-corrected chi connectivity index (χ2v) is 5.20. The molecule has 0 aliphatic heterocycles. The zero-order chi connectivity index (χ0) is 14.8. The van der Waals surface area contributed by atoms with Crippen molar-refractivity contribution < 1.29 is 32.9 Å². The van der Waals surface area contributed by atoms with Crippen molar-refractivity contribution in [3.63, 3.8) is 0 Å². The van der Waals surface area contributed by atoms with Crippen LogP contribution in [-0.4, -0.2) is 40.2 Å². The number of hydrogen-bond acceptors (Lipinski definition) is 3. The summed E-state index contributed by atoms with van der Waals surface area (Å²) in [6, 6.07) is 0.